The third-order valence-electron chi connectivity index (χ3n) is 3.73. The first-order valence-corrected chi connectivity index (χ1v) is 7.68. The Balaban J connectivity index is 2.13. The summed E-state index contributed by atoms with van der Waals surface area (Å²) in [4.78, 5) is 36.4. The molecule has 2 amide bonds. The fourth-order valence-electron chi connectivity index (χ4n) is 2.15. The SMILES string of the molecule is CC[C@H](C)N(CC(=O)Nc1ccon1)C(=O)c1ccc([N+](=O)[O-])cc1. The zero-order valence-corrected chi connectivity index (χ0v) is 13.8. The molecule has 1 heterocycles. The third kappa shape index (κ3) is 4.63. The number of hydrogen-bond acceptors (Lipinski definition) is 6. The lowest BCUT2D eigenvalue weighted by molar-refractivity contribution is -0.384. The Morgan fingerprint density at radius 1 is 1.32 bits per heavy atom. The summed E-state index contributed by atoms with van der Waals surface area (Å²) in [5.74, 6) is -0.527. The minimum Gasteiger partial charge on any atom is -0.363 e. The fourth-order valence-corrected chi connectivity index (χ4v) is 2.15. The van der Waals surface area contributed by atoms with Crippen molar-refractivity contribution in [3.05, 3.63) is 52.3 Å². The zero-order valence-electron chi connectivity index (χ0n) is 13.8. The lowest BCUT2D eigenvalue weighted by Crippen LogP contribution is -2.43. The highest BCUT2D eigenvalue weighted by atomic mass is 16.6. The standard InChI is InChI=1S/C16H18N4O5/c1-3-11(2)19(10-15(21)17-14-8-9-25-18-14)16(22)12-4-6-13(7-5-12)20(23)24/h4-9,11H,3,10H2,1-2H3,(H,17,18,21)/t11-/m0/s1. The number of carbonyl (C=O) groups is 2. The van der Waals surface area contributed by atoms with E-state index in [-0.39, 0.29) is 35.6 Å². The van der Waals surface area contributed by atoms with E-state index in [0.717, 1.165) is 0 Å². The summed E-state index contributed by atoms with van der Waals surface area (Å²) in [5, 5.41) is 16.8. The van der Waals surface area contributed by atoms with E-state index in [9.17, 15) is 19.7 Å². The summed E-state index contributed by atoms with van der Waals surface area (Å²) in [6, 6.07) is 6.58. The van der Waals surface area contributed by atoms with Crippen LogP contribution in [-0.2, 0) is 4.79 Å². The van der Waals surface area contributed by atoms with Crippen molar-refractivity contribution in [2.24, 2.45) is 0 Å². The second-order valence-electron chi connectivity index (χ2n) is 5.43. The zero-order chi connectivity index (χ0) is 18.4. The molecule has 0 fully saturated rings. The van der Waals surface area contributed by atoms with E-state index in [4.69, 9.17) is 0 Å². The highest BCUT2D eigenvalue weighted by Crippen LogP contribution is 2.16. The van der Waals surface area contributed by atoms with Crippen molar-refractivity contribution in [3.8, 4) is 0 Å². The van der Waals surface area contributed by atoms with Crippen molar-refractivity contribution in [3.63, 3.8) is 0 Å². The highest BCUT2D eigenvalue weighted by Gasteiger charge is 2.24. The number of aromatic nitrogens is 1. The first-order chi connectivity index (χ1) is 11.9. The first kappa shape index (κ1) is 18.1. The van der Waals surface area contributed by atoms with Gasteiger partial charge in [-0.1, -0.05) is 12.1 Å². The molecular formula is C16H18N4O5. The smallest absolute Gasteiger partial charge is 0.269 e. The molecule has 9 heteroatoms. The monoisotopic (exact) mass is 346 g/mol. The second kappa shape index (κ2) is 8.04. The molecule has 0 aliphatic carbocycles. The average Bonchev–Trinajstić information content (AvgIpc) is 3.11. The molecule has 25 heavy (non-hydrogen) atoms. The highest BCUT2D eigenvalue weighted by molar-refractivity contribution is 5.99. The molecule has 1 aromatic heterocycles. The van der Waals surface area contributed by atoms with Crippen LogP contribution in [0.4, 0.5) is 11.5 Å². The topological polar surface area (TPSA) is 119 Å². The number of amides is 2. The molecule has 0 aliphatic rings. The molecule has 0 aliphatic heterocycles. The van der Waals surface area contributed by atoms with Crippen LogP contribution in [0.1, 0.15) is 30.6 Å². The van der Waals surface area contributed by atoms with E-state index in [1.165, 1.54) is 41.5 Å². The number of non-ortho nitro benzene ring substituents is 1. The third-order valence-corrected chi connectivity index (χ3v) is 3.73. The van der Waals surface area contributed by atoms with Gasteiger partial charge in [-0.05, 0) is 25.5 Å². The van der Waals surface area contributed by atoms with Crippen molar-refractivity contribution < 1.29 is 19.0 Å². The lowest BCUT2D eigenvalue weighted by Gasteiger charge is -2.28. The second-order valence-corrected chi connectivity index (χ2v) is 5.43. The number of benzene rings is 1. The predicted octanol–water partition coefficient (Wildman–Crippen LogP) is 2.46. The largest absolute Gasteiger partial charge is 0.363 e. The van der Waals surface area contributed by atoms with Gasteiger partial charge in [-0.2, -0.15) is 0 Å². The predicted molar refractivity (Wildman–Crippen MR) is 89.0 cm³/mol. The molecule has 0 spiro atoms. The van der Waals surface area contributed by atoms with Gasteiger partial charge in [0.15, 0.2) is 5.82 Å². The van der Waals surface area contributed by atoms with Crippen LogP contribution in [0.15, 0.2) is 41.1 Å². The van der Waals surface area contributed by atoms with Crippen molar-refractivity contribution in [2.45, 2.75) is 26.3 Å². The Morgan fingerprint density at radius 2 is 2.00 bits per heavy atom. The van der Waals surface area contributed by atoms with E-state index in [1.807, 2.05) is 13.8 Å². The van der Waals surface area contributed by atoms with E-state index < -0.39 is 10.8 Å². The first-order valence-electron chi connectivity index (χ1n) is 7.68. The minimum atomic E-state index is -0.536. The van der Waals surface area contributed by atoms with E-state index >= 15 is 0 Å². The normalized spacial score (nSPS) is 11.6. The molecule has 0 unspecified atom stereocenters. The van der Waals surface area contributed by atoms with Crippen LogP contribution in [0.25, 0.3) is 0 Å². The average molecular weight is 346 g/mol. The summed E-state index contributed by atoms with van der Waals surface area (Å²) in [7, 11) is 0. The van der Waals surface area contributed by atoms with Crippen LogP contribution in [0.3, 0.4) is 0 Å². The molecule has 2 aromatic rings. The molecule has 1 aromatic carbocycles. The summed E-state index contributed by atoms with van der Waals surface area (Å²) in [6.07, 6.45) is 1.97. The van der Waals surface area contributed by atoms with Gasteiger partial charge in [0.1, 0.15) is 12.8 Å². The Morgan fingerprint density at radius 3 is 2.52 bits per heavy atom. The van der Waals surface area contributed by atoms with Crippen LogP contribution in [0.5, 0.6) is 0 Å². The van der Waals surface area contributed by atoms with Crippen LogP contribution in [0, 0.1) is 10.1 Å². The number of nitro groups is 1. The Bertz CT molecular complexity index is 742. The number of hydrogen-bond donors (Lipinski definition) is 1. The van der Waals surface area contributed by atoms with Crippen molar-refractivity contribution in [1.29, 1.82) is 0 Å². The number of nitrogens with zero attached hydrogens (tertiary/aromatic N) is 3. The van der Waals surface area contributed by atoms with Crippen LogP contribution >= 0.6 is 0 Å². The van der Waals surface area contributed by atoms with Crippen molar-refractivity contribution in [2.75, 3.05) is 11.9 Å². The Kier molecular flexibility index (Phi) is 5.83. The van der Waals surface area contributed by atoms with Gasteiger partial charge in [-0.3, -0.25) is 19.7 Å². The Hall–Kier alpha value is -3.23. The molecule has 1 N–H and O–H groups in total. The van der Waals surface area contributed by atoms with Gasteiger partial charge in [0.05, 0.1) is 4.92 Å². The number of nitrogens with one attached hydrogen (secondary N) is 1. The molecule has 0 radical (unpaired) electrons. The molecule has 0 saturated heterocycles. The Labute approximate surface area is 143 Å². The van der Waals surface area contributed by atoms with Gasteiger partial charge in [-0.25, -0.2) is 0 Å². The van der Waals surface area contributed by atoms with Gasteiger partial charge in [0.2, 0.25) is 5.91 Å². The van der Waals surface area contributed by atoms with Gasteiger partial charge >= 0.3 is 0 Å². The minimum absolute atomic E-state index is 0.101. The number of rotatable bonds is 7. The van der Waals surface area contributed by atoms with Crippen LogP contribution in [0.2, 0.25) is 0 Å². The fraction of sp³-hybridized carbons (Fsp3) is 0.312. The van der Waals surface area contributed by atoms with E-state index in [2.05, 4.69) is 15.0 Å². The molecular weight excluding hydrogens is 328 g/mol. The van der Waals surface area contributed by atoms with E-state index in [1.54, 1.807) is 0 Å². The quantitative estimate of drug-likeness (QED) is 0.607. The van der Waals surface area contributed by atoms with Gasteiger partial charge < -0.3 is 14.7 Å². The van der Waals surface area contributed by atoms with Gasteiger partial charge in [0.25, 0.3) is 11.6 Å². The summed E-state index contributed by atoms with van der Waals surface area (Å²) < 4.78 is 4.64. The summed E-state index contributed by atoms with van der Waals surface area (Å²) in [6.45, 7) is 3.56. The molecule has 132 valence electrons. The molecule has 0 bridgehead atoms. The molecule has 2 rings (SSSR count). The number of anilines is 1. The molecule has 1 atom stereocenters. The number of nitro benzene ring substituents is 1. The van der Waals surface area contributed by atoms with Gasteiger partial charge in [0, 0.05) is 29.8 Å². The maximum Gasteiger partial charge on any atom is 0.269 e. The van der Waals surface area contributed by atoms with Crippen molar-refractivity contribution >= 4 is 23.3 Å². The van der Waals surface area contributed by atoms with Crippen LogP contribution in [-0.4, -0.2) is 39.4 Å². The maximum atomic E-state index is 12.7. The molecule has 9 nitrogen and oxygen atoms in total. The summed E-state index contributed by atoms with van der Waals surface area (Å²) in [5.41, 5.74) is 0.176. The maximum absolute atomic E-state index is 12.7. The van der Waals surface area contributed by atoms with Crippen LogP contribution < -0.4 is 5.32 Å². The lowest BCUT2D eigenvalue weighted by atomic mass is 10.1. The molecule has 0 saturated carbocycles. The summed E-state index contributed by atoms with van der Waals surface area (Å²) >= 11 is 0. The van der Waals surface area contributed by atoms with Gasteiger partial charge in [-0.15, -0.1) is 0 Å². The van der Waals surface area contributed by atoms with Crippen molar-refractivity contribution in [1.82, 2.24) is 10.1 Å². The number of carbonyl (C=O) groups excluding carboxylic acids is 2. The van der Waals surface area contributed by atoms with E-state index in [0.29, 0.717) is 6.42 Å².